The number of anilines is 1. The average Bonchev–Trinajstić information content (AvgIpc) is 2.64. The molecule has 0 spiro atoms. The van der Waals surface area contributed by atoms with Crippen molar-refractivity contribution in [3.63, 3.8) is 0 Å². The topological polar surface area (TPSA) is 127 Å². The molecule has 1 saturated carbocycles. The zero-order valence-electron chi connectivity index (χ0n) is 15.5. The number of hydrogen-bond donors (Lipinski definition) is 4. The summed E-state index contributed by atoms with van der Waals surface area (Å²) in [5, 5.41) is 5.56. The molecule has 2 aromatic carbocycles. The van der Waals surface area contributed by atoms with Gasteiger partial charge in [-0.15, -0.1) is 0 Å². The summed E-state index contributed by atoms with van der Waals surface area (Å²) in [7, 11) is 0. The molecule has 7 heteroatoms. The van der Waals surface area contributed by atoms with Crippen molar-refractivity contribution in [1.82, 2.24) is 5.32 Å². The molecule has 0 bridgehead atoms. The summed E-state index contributed by atoms with van der Waals surface area (Å²) in [6.07, 6.45) is 2.13. The van der Waals surface area contributed by atoms with Gasteiger partial charge in [-0.3, -0.25) is 14.4 Å². The Hall–Kier alpha value is -3.19. The first-order valence-corrected chi connectivity index (χ1v) is 9.22. The minimum Gasteiger partial charge on any atom is -0.368 e. The van der Waals surface area contributed by atoms with E-state index in [-0.39, 0.29) is 18.9 Å². The van der Waals surface area contributed by atoms with Crippen LogP contribution >= 0.6 is 0 Å². The van der Waals surface area contributed by atoms with Crippen LogP contribution in [0, 0.1) is 0 Å². The number of nitrogens with one attached hydrogen (secondary N) is 2. The third-order valence-electron chi connectivity index (χ3n) is 5.01. The average molecular weight is 380 g/mol. The maximum Gasteiger partial charge on any atom is 0.252 e. The molecule has 7 nitrogen and oxygen atoms in total. The summed E-state index contributed by atoms with van der Waals surface area (Å²) in [5.74, 6) is -1.13. The zero-order valence-corrected chi connectivity index (χ0v) is 15.5. The second-order valence-corrected chi connectivity index (χ2v) is 7.09. The van der Waals surface area contributed by atoms with E-state index in [9.17, 15) is 14.4 Å². The highest BCUT2D eigenvalue weighted by Crippen LogP contribution is 2.32. The molecule has 2 aromatic rings. The number of amides is 3. The first-order valence-electron chi connectivity index (χ1n) is 9.22. The largest absolute Gasteiger partial charge is 0.368 e. The summed E-state index contributed by atoms with van der Waals surface area (Å²) in [6.45, 7) is 0.212. The molecule has 146 valence electrons. The molecule has 3 rings (SSSR count). The van der Waals surface area contributed by atoms with Crippen LogP contribution in [0.5, 0.6) is 0 Å². The Balaban J connectivity index is 1.75. The lowest BCUT2D eigenvalue weighted by atomic mass is 9.76. The predicted molar refractivity (Wildman–Crippen MR) is 106 cm³/mol. The number of benzene rings is 2. The van der Waals surface area contributed by atoms with Crippen LogP contribution in [0.1, 0.15) is 40.7 Å². The van der Waals surface area contributed by atoms with E-state index < -0.39 is 17.4 Å². The van der Waals surface area contributed by atoms with Crippen LogP contribution in [0.2, 0.25) is 0 Å². The molecular weight excluding hydrogens is 356 g/mol. The molecule has 28 heavy (non-hydrogen) atoms. The fourth-order valence-corrected chi connectivity index (χ4v) is 3.25. The lowest BCUT2D eigenvalue weighted by Crippen LogP contribution is -2.61. The van der Waals surface area contributed by atoms with Gasteiger partial charge in [0, 0.05) is 17.8 Å². The van der Waals surface area contributed by atoms with Crippen molar-refractivity contribution in [2.75, 3.05) is 5.32 Å². The molecule has 0 heterocycles. The lowest BCUT2D eigenvalue weighted by molar-refractivity contribution is -0.127. The Kier molecular flexibility index (Phi) is 5.75. The number of carbonyl (C=O) groups is 3. The van der Waals surface area contributed by atoms with Gasteiger partial charge in [0.1, 0.15) is 5.54 Å². The normalized spacial score (nSPS) is 14.6. The maximum atomic E-state index is 12.7. The molecule has 0 aromatic heterocycles. The minimum absolute atomic E-state index is 0.195. The van der Waals surface area contributed by atoms with Gasteiger partial charge in [-0.05, 0) is 48.6 Å². The molecule has 0 saturated heterocycles. The first kappa shape index (κ1) is 19.6. The third-order valence-corrected chi connectivity index (χ3v) is 5.01. The van der Waals surface area contributed by atoms with Gasteiger partial charge in [0.25, 0.3) is 5.91 Å². The Bertz CT molecular complexity index is 892. The highest BCUT2D eigenvalue weighted by molar-refractivity contribution is 6.01. The number of hydrogen-bond acceptors (Lipinski definition) is 4. The Labute approximate surface area is 163 Å². The van der Waals surface area contributed by atoms with Gasteiger partial charge < -0.3 is 22.1 Å². The summed E-state index contributed by atoms with van der Waals surface area (Å²) in [5.41, 5.74) is 12.6. The molecule has 3 amide bonds. The van der Waals surface area contributed by atoms with E-state index in [1.165, 1.54) is 0 Å². The molecule has 0 atom stereocenters. The van der Waals surface area contributed by atoms with E-state index in [0.29, 0.717) is 29.7 Å². The molecule has 6 N–H and O–H groups in total. The van der Waals surface area contributed by atoms with E-state index in [4.69, 9.17) is 11.5 Å². The Morgan fingerprint density at radius 1 is 1.00 bits per heavy atom. The SMILES string of the molecule is NCc1cc(NC(=O)Cc2ccccc2)cc(C(=O)NC2(C(N)=O)CCC2)c1. The molecule has 0 aliphatic heterocycles. The van der Waals surface area contributed by atoms with Gasteiger partial charge in [-0.25, -0.2) is 0 Å². The van der Waals surface area contributed by atoms with E-state index in [0.717, 1.165) is 12.0 Å². The van der Waals surface area contributed by atoms with Crippen LogP contribution in [0.25, 0.3) is 0 Å². The fraction of sp³-hybridized carbons (Fsp3) is 0.286. The summed E-state index contributed by atoms with van der Waals surface area (Å²) in [6, 6.07) is 14.3. The Morgan fingerprint density at radius 3 is 2.29 bits per heavy atom. The van der Waals surface area contributed by atoms with E-state index in [1.54, 1.807) is 18.2 Å². The third kappa shape index (κ3) is 4.37. The van der Waals surface area contributed by atoms with Crippen molar-refractivity contribution in [2.24, 2.45) is 11.5 Å². The summed E-state index contributed by atoms with van der Waals surface area (Å²) in [4.78, 5) is 36.7. The second kappa shape index (κ2) is 8.22. The van der Waals surface area contributed by atoms with E-state index in [1.807, 2.05) is 30.3 Å². The number of nitrogens with two attached hydrogens (primary N) is 2. The smallest absolute Gasteiger partial charge is 0.252 e. The molecule has 1 aliphatic rings. The van der Waals surface area contributed by atoms with Crippen molar-refractivity contribution in [1.29, 1.82) is 0 Å². The summed E-state index contributed by atoms with van der Waals surface area (Å²) < 4.78 is 0. The van der Waals surface area contributed by atoms with Gasteiger partial charge in [0.15, 0.2) is 0 Å². The molecule has 0 unspecified atom stereocenters. The number of primary amides is 1. The second-order valence-electron chi connectivity index (χ2n) is 7.09. The molecule has 0 radical (unpaired) electrons. The standard InChI is InChI=1S/C21H24N4O3/c22-13-15-9-16(19(27)25-21(20(23)28)7-4-8-21)12-17(10-15)24-18(26)11-14-5-2-1-3-6-14/h1-3,5-6,9-10,12H,4,7-8,11,13,22H2,(H2,23,28)(H,24,26)(H,25,27). The van der Waals surface area contributed by atoms with Gasteiger partial charge in [0.05, 0.1) is 6.42 Å². The van der Waals surface area contributed by atoms with E-state index in [2.05, 4.69) is 10.6 Å². The predicted octanol–water partition coefficient (Wildman–Crippen LogP) is 1.46. The number of rotatable bonds is 7. The van der Waals surface area contributed by atoms with Gasteiger partial charge >= 0.3 is 0 Å². The van der Waals surface area contributed by atoms with Crippen molar-refractivity contribution in [3.05, 3.63) is 65.2 Å². The minimum atomic E-state index is -0.980. The van der Waals surface area contributed by atoms with Crippen LogP contribution in [0.3, 0.4) is 0 Å². The van der Waals surface area contributed by atoms with Crippen molar-refractivity contribution < 1.29 is 14.4 Å². The quantitative estimate of drug-likeness (QED) is 0.580. The van der Waals surface area contributed by atoms with Gasteiger partial charge in [0.2, 0.25) is 11.8 Å². The lowest BCUT2D eigenvalue weighted by Gasteiger charge is -2.39. The highest BCUT2D eigenvalue weighted by Gasteiger charge is 2.44. The van der Waals surface area contributed by atoms with Crippen LogP contribution in [-0.4, -0.2) is 23.3 Å². The summed E-state index contributed by atoms with van der Waals surface area (Å²) >= 11 is 0. The maximum absolute atomic E-state index is 12.7. The van der Waals surface area contributed by atoms with Crippen LogP contribution in [-0.2, 0) is 22.6 Å². The van der Waals surface area contributed by atoms with Gasteiger partial charge in [-0.1, -0.05) is 30.3 Å². The first-order chi connectivity index (χ1) is 13.4. The zero-order chi connectivity index (χ0) is 20.1. The van der Waals surface area contributed by atoms with Crippen molar-refractivity contribution in [2.45, 2.75) is 37.8 Å². The molecular formula is C21H24N4O3. The molecule has 1 fully saturated rings. The van der Waals surface area contributed by atoms with Crippen molar-refractivity contribution >= 4 is 23.4 Å². The highest BCUT2D eigenvalue weighted by atomic mass is 16.2. The van der Waals surface area contributed by atoms with Crippen LogP contribution < -0.4 is 22.1 Å². The fourth-order valence-electron chi connectivity index (χ4n) is 3.25. The Morgan fingerprint density at radius 2 is 1.71 bits per heavy atom. The van der Waals surface area contributed by atoms with Crippen LogP contribution in [0.15, 0.2) is 48.5 Å². The number of carbonyl (C=O) groups excluding carboxylic acids is 3. The van der Waals surface area contributed by atoms with E-state index >= 15 is 0 Å². The molecule has 1 aliphatic carbocycles. The van der Waals surface area contributed by atoms with Crippen LogP contribution in [0.4, 0.5) is 5.69 Å². The van der Waals surface area contributed by atoms with Gasteiger partial charge in [-0.2, -0.15) is 0 Å². The monoisotopic (exact) mass is 380 g/mol. The van der Waals surface area contributed by atoms with Crippen molar-refractivity contribution in [3.8, 4) is 0 Å².